The number of amides is 1. The molecule has 0 heterocycles. The number of hydrogen-bond acceptors (Lipinski definition) is 2. The third kappa shape index (κ3) is 3.10. The summed E-state index contributed by atoms with van der Waals surface area (Å²) in [5, 5.41) is 13.3. The van der Waals surface area contributed by atoms with Crippen LogP contribution < -0.4 is 5.32 Å². The summed E-state index contributed by atoms with van der Waals surface area (Å²) in [5.74, 6) is -1.32. The molecule has 98 valence electrons. The van der Waals surface area contributed by atoms with Crippen molar-refractivity contribution in [2.24, 2.45) is 0 Å². The summed E-state index contributed by atoms with van der Waals surface area (Å²) in [7, 11) is 0. The summed E-state index contributed by atoms with van der Waals surface area (Å²) in [6.45, 7) is 1.45. The molecule has 2 aromatic carbocycles. The predicted molar refractivity (Wildman–Crippen MR) is 72.9 cm³/mol. The second-order valence-electron chi connectivity index (χ2n) is 4.44. The van der Waals surface area contributed by atoms with Gasteiger partial charge in [0.15, 0.2) is 0 Å². The molecule has 0 saturated carbocycles. The van der Waals surface area contributed by atoms with Crippen molar-refractivity contribution in [3.63, 3.8) is 0 Å². The number of carbonyl (C=O) groups is 2. The average molecular weight is 257 g/mol. The van der Waals surface area contributed by atoms with E-state index >= 15 is 0 Å². The number of aliphatic carboxylic acids is 1. The predicted octanol–water partition coefficient (Wildman–Crippen LogP) is 1.97. The van der Waals surface area contributed by atoms with Crippen LogP contribution in [0.25, 0.3) is 10.8 Å². The maximum absolute atomic E-state index is 11.8. The molecule has 0 radical (unpaired) electrons. The lowest BCUT2D eigenvalue weighted by molar-refractivity contribution is -0.141. The molecule has 0 aromatic heterocycles. The van der Waals surface area contributed by atoms with E-state index in [0.717, 1.165) is 16.3 Å². The maximum atomic E-state index is 11.8. The maximum Gasteiger partial charge on any atom is 0.325 e. The summed E-state index contributed by atoms with van der Waals surface area (Å²) in [6.07, 6.45) is 0.180. The van der Waals surface area contributed by atoms with Gasteiger partial charge in [-0.3, -0.25) is 9.59 Å². The molecule has 1 atom stereocenters. The molecule has 19 heavy (non-hydrogen) atoms. The van der Waals surface area contributed by atoms with Gasteiger partial charge < -0.3 is 10.4 Å². The first kappa shape index (κ1) is 13.1. The average Bonchev–Trinajstić information content (AvgIpc) is 2.39. The first-order valence-electron chi connectivity index (χ1n) is 6.07. The van der Waals surface area contributed by atoms with E-state index < -0.39 is 12.0 Å². The molecule has 0 aliphatic rings. The van der Waals surface area contributed by atoms with Crippen LogP contribution in [0, 0.1) is 0 Å². The number of benzene rings is 2. The Hall–Kier alpha value is -2.36. The molecule has 0 fully saturated rings. The highest BCUT2D eigenvalue weighted by atomic mass is 16.4. The monoisotopic (exact) mass is 257 g/mol. The molecule has 4 nitrogen and oxygen atoms in total. The fourth-order valence-electron chi connectivity index (χ4n) is 1.97. The van der Waals surface area contributed by atoms with Gasteiger partial charge in [0, 0.05) is 0 Å². The normalized spacial score (nSPS) is 12.1. The van der Waals surface area contributed by atoms with Gasteiger partial charge in [0.2, 0.25) is 5.91 Å². The van der Waals surface area contributed by atoms with Gasteiger partial charge in [0.25, 0.3) is 0 Å². The largest absolute Gasteiger partial charge is 0.480 e. The molecule has 2 rings (SSSR count). The minimum absolute atomic E-state index is 0.180. The fourth-order valence-corrected chi connectivity index (χ4v) is 1.97. The zero-order chi connectivity index (χ0) is 13.8. The van der Waals surface area contributed by atoms with Crippen molar-refractivity contribution in [2.75, 3.05) is 0 Å². The van der Waals surface area contributed by atoms with Crippen LogP contribution in [0.5, 0.6) is 0 Å². The topological polar surface area (TPSA) is 66.4 Å². The zero-order valence-corrected chi connectivity index (χ0v) is 10.6. The third-order valence-electron chi connectivity index (χ3n) is 2.98. The van der Waals surface area contributed by atoms with Gasteiger partial charge in [0.05, 0.1) is 6.42 Å². The van der Waals surface area contributed by atoms with Crippen molar-refractivity contribution in [3.8, 4) is 0 Å². The van der Waals surface area contributed by atoms with Gasteiger partial charge >= 0.3 is 5.97 Å². The van der Waals surface area contributed by atoms with Crippen molar-refractivity contribution in [1.82, 2.24) is 5.32 Å². The van der Waals surface area contributed by atoms with Crippen molar-refractivity contribution >= 4 is 22.6 Å². The highest BCUT2D eigenvalue weighted by molar-refractivity contribution is 5.91. The van der Waals surface area contributed by atoms with E-state index in [-0.39, 0.29) is 12.3 Å². The van der Waals surface area contributed by atoms with Gasteiger partial charge in [-0.05, 0) is 23.3 Å². The Morgan fingerprint density at radius 2 is 1.84 bits per heavy atom. The van der Waals surface area contributed by atoms with Crippen LogP contribution >= 0.6 is 0 Å². The molecule has 4 heteroatoms. The molecule has 0 spiro atoms. The van der Waals surface area contributed by atoms with E-state index in [0.29, 0.717) is 0 Å². The summed E-state index contributed by atoms with van der Waals surface area (Å²) in [6, 6.07) is 12.7. The number of rotatable bonds is 4. The van der Waals surface area contributed by atoms with Gasteiger partial charge in [-0.15, -0.1) is 0 Å². The lowest BCUT2D eigenvalue weighted by Crippen LogP contribution is -2.39. The van der Waals surface area contributed by atoms with E-state index in [1.165, 1.54) is 6.92 Å². The quantitative estimate of drug-likeness (QED) is 0.880. The van der Waals surface area contributed by atoms with Crippen molar-refractivity contribution in [2.45, 2.75) is 19.4 Å². The summed E-state index contributed by atoms with van der Waals surface area (Å²) < 4.78 is 0. The van der Waals surface area contributed by atoms with Crippen LogP contribution in [0.4, 0.5) is 0 Å². The smallest absolute Gasteiger partial charge is 0.325 e. The Morgan fingerprint density at radius 1 is 1.16 bits per heavy atom. The first-order valence-corrected chi connectivity index (χ1v) is 6.07. The van der Waals surface area contributed by atoms with Crippen LogP contribution in [0.15, 0.2) is 42.5 Å². The molecular weight excluding hydrogens is 242 g/mol. The van der Waals surface area contributed by atoms with E-state index in [1.54, 1.807) is 0 Å². The Morgan fingerprint density at radius 3 is 2.58 bits per heavy atom. The molecule has 0 aliphatic heterocycles. The van der Waals surface area contributed by atoms with Crippen molar-refractivity contribution < 1.29 is 14.7 Å². The lowest BCUT2D eigenvalue weighted by atomic mass is 10.0. The van der Waals surface area contributed by atoms with E-state index in [4.69, 9.17) is 5.11 Å². The van der Waals surface area contributed by atoms with E-state index in [2.05, 4.69) is 5.32 Å². The van der Waals surface area contributed by atoms with Crippen molar-refractivity contribution in [3.05, 3.63) is 48.0 Å². The number of carboxylic acid groups (broad SMARTS) is 1. The molecule has 0 saturated heterocycles. The molecular formula is C15H15NO3. The zero-order valence-electron chi connectivity index (χ0n) is 10.6. The van der Waals surface area contributed by atoms with E-state index in [9.17, 15) is 9.59 Å². The minimum Gasteiger partial charge on any atom is -0.480 e. The second kappa shape index (κ2) is 5.52. The van der Waals surface area contributed by atoms with Crippen LogP contribution in [0.3, 0.4) is 0 Å². The summed E-state index contributed by atoms with van der Waals surface area (Å²) in [4.78, 5) is 22.5. The number of fused-ring (bicyclic) bond motifs is 1. The standard InChI is InChI=1S/C15H15NO3/c1-10(15(18)19)16-14(17)9-12-7-4-6-11-5-2-3-8-13(11)12/h2-8,10H,9H2,1H3,(H,16,17)(H,18,19). The number of carboxylic acids is 1. The minimum atomic E-state index is -1.04. The molecule has 1 unspecified atom stereocenters. The molecule has 0 aliphatic carbocycles. The highest BCUT2D eigenvalue weighted by Gasteiger charge is 2.14. The molecule has 2 N–H and O–H groups in total. The number of carbonyl (C=O) groups excluding carboxylic acids is 1. The summed E-state index contributed by atoms with van der Waals surface area (Å²) in [5.41, 5.74) is 0.896. The van der Waals surface area contributed by atoms with Gasteiger partial charge in [-0.1, -0.05) is 42.5 Å². The Kier molecular flexibility index (Phi) is 3.80. The van der Waals surface area contributed by atoms with Crippen molar-refractivity contribution in [1.29, 1.82) is 0 Å². The second-order valence-corrected chi connectivity index (χ2v) is 4.44. The Bertz CT molecular complexity index is 616. The third-order valence-corrected chi connectivity index (χ3v) is 2.98. The molecule has 1 amide bonds. The SMILES string of the molecule is CC(NC(=O)Cc1cccc2ccccc12)C(=O)O. The molecule has 2 aromatic rings. The van der Waals surface area contributed by atoms with Crippen LogP contribution in [-0.4, -0.2) is 23.0 Å². The van der Waals surface area contributed by atoms with Crippen LogP contribution in [-0.2, 0) is 16.0 Å². The van der Waals surface area contributed by atoms with Crippen LogP contribution in [0.1, 0.15) is 12.5 Å². The summed E-state index contributed by atoms with van der Waals surface area (Å²) >= 11 is 0. The molecule has 0 bridgehead atoms. The van der Waals surface area contributed by atoms with Gasteiger partial charge in [0.1, 0.15) is 6.04 Å². The highest BCUT2D eigenvalue weighted by Crippen LogP contribution is 2.18. The Balaban J connectivity index is 2.17. The van der Waals surface area contributed by atoms with Crippen LogP contribution in [0.2, 0.25) is 0 Å². The fraction of sp³-hybridized carbons (Fsp3) is 0.200. The first-order chi connectivity index (χ1) is 9.08. The number of hydrogen-bond donors (Lipinski definition) is 2. The van der Waals surface area contributed by atoms with E-state index in [1.807, 2.05) is 42.5 Å². The Labute approximate surface area is 111 Å². The lowest BCUT2D eigenvalue weighted by Gasteiger charge is -2.10. The van der Waals surface area contributed by atoms with Gasteiger partial charge in [-0.2, -0.15) is 0 Å². The number of nitrogens with one attached hydrogen (secondary N) is 1. The van der Waals surface area contributed by atoms with Gasteiger partial charge in [-0.25, -0.2) is 0 Å².